The van der Waals surface area contributed by atoms with Crippen molar-refractivity contribution in [3.63, 3.8) is 0 Å². The Morgan fingerprint density at radius 1 is 1.57 bits per heavy atom. The van der Waals surface area contributed by atoms with Gasteiger partial charge in [0.1, 0.15) is 0 Å². The molecule has 0 amide bonds. The average Bonchev–Trinajstić information content (AvgIpc) is 2.16. The molecule has 2 nitrogen and oxygen atoms in total. The second-order valence-corrected chi connectivity index (χ2v) is 4.56. The molecule has 1 rings (SSSR count). The molecule has 0 radical (unpaired) electrons. The van der Waals surface area contributed by atoms with Gasteiger partial charge >= 0.3 is 0 Å². The Balaban J connectivity index is 2.59. The van der Waals surface area contributed by atoms with E-state index in [0.717, 1.165) is 15.1 Å². The largest absolute Gasteiger partial charge is 0.390 e. The second-order valence-electron chi connectivity index (χ2n) is 2.85. The first-order valence-corrected chi connectivity index (χ1v) is 5.87. The van der Waals surface area contributed by atoms with E-state index in [2.05, 4.69) is 33.9 Å². The van der Waals surface area contributed by atoms with Crippen molar-refractivity contribution in [2.45, 2.75) is 11.0 Å². The van der Waals surface area contributed by atoms with Crippen molar-refractivity contribution in [2.24, 2.45) is 0 Å². The molecule has 0 aliphatic rings. The molecule has 1 aromatic rings. The van der Waals surface area contributed by atoms with Crippen molar-refractivity contribution in [2.75, 3.05) is 17.7 Å². The van der Waals surface area contributed by atoms with E-state index in [1.807, 2.05) is 18.2 Å². The maximum atomic E-state index is 9.24. The van der Waals surface area contributed by atoms with E-state index in [0.29, 0.717) is 6.54 Å². The Morgan fingerprint density at radius 2 is 2.29 bits per heavy atom. The fraction of sp³-hybridized carbons (Fsp3) is 0.333. The molecule has 0 bridgehead atoms. The van der Waals surface area contributed by atoms with Crippen LogP contribution in [0, 0.1) is 0 Å². The third-order valence-corrected chi connectivity index (χ3v) is 2.89. The SMILES string of the molecule is OC(CCl)CNc1ccc(Br)cc1S. The van der Waals surface area contributed by atoms with E-state index >= 15 is 0 Å². The first kappa shape index (κ1) is 12.2. The lowest BCUT2D eigenvalue weighted by atomic mass is 10.3. The fourth-order valence-electron chi connectivity index (χ4n) is 0.937. The molecule has 1 unspecified atom stereocenters. The number of hydrogen-bond acceptors (Lipinski definition) is 3. The normalized spacial score (nSPS) is 12.6. The lowest BCUT2D eigenvalue weighted by molar-refractivity contribution is 0.211. The molecule has 5 heteroatoms. The van der Waals surface area contributed by atoms with Gasteiger partial charge in [0.2, 0.25) is 0 Å². The maximum Gasteiger partial charge on any atom is 0.0847 e. The van der Waals surface area contributed by atoms with Crippen LogP contribution in [0.5, 0.6) is 0 Å². The number of halogens is 2. The van der Waals surface area contributed by atoms with Gasteiger partial charge in [-0.3, -0.25) is 0 Å². The van der Waals surface area contributed by atoms with Crippen LogP contribution in [0.15, 0.2) is 27.6 Å². The Labute approximate surface area is 102 Å². The highest BCUT2D eigenvalue weighted by molar-refractivity contribution is 9.10. The van der Waals surface area contributed by atoms with E-state index in [1.54, 1.807) is 0 Å². The van der Waals surface area contributed by atoms with Crippen LogP contribution in [-0.4, -0.2) is 23.6 Å². The van der Waals surface area contributed by atoms with Crippen LogP contribution < -0.4 is 5.32 Å². The minimum absolute atomic E-state index is 0.228. The molecule has 0 aliphatic heterocycles. The molecule has 78 valence electrons. The molecular formula is C9H11BrClNOS. The summed E-state index contributed by atoms with van der Waals surface area (Å²) < 4.78 is 0.978. The molecule has 2 N–H and O–H groups in total. The number of aliphatic hydroxyl groups excluding tert-OH is 1. The summed E-state index contributed by atoms with van der Waals surface area (Å²) >= 11 is 13.1. The summed E-state index contributed by atoms with van der Waals surface area (Å²) in [6, 6.07) is 5.70. The number of thiol groups is 1. The van der Waals surface area contributed by atoms with Crippen LogP contribution in [-0.2, 0) is 0 Å². The predicted octanol–water partition coefficient (Wildman–Crippen LogP) is 2.75. The lowest BCUT2D eigenvalue weighted by Crippen LogP contribution is -2.20. The summed E-state index contributed by atoms with van der Waals surface area (Å²) in [4.78, 5) is 0.834. The molecule has 1 aromatic carbocycles. The molecule has 0 saturated carbocycles. The summed E-state index contributed by atoms with van der Waals surface area (Å²) in [5.74, 6) is 0.228. The van der Waals surface area contributed by atoms with E-state index in [4.69, 9.17) is 11.6 Å². The van der Waals surface area contributed by atoms with Gasteiger partial charge in [0.05, 0.1) is 12.0 Å². The van der Waals surface area contributed by atoms with E-state index in [-0.39, 0.29) is 5.88 Å². The summed E-state index contributed by atoms with van der Waals surface area (Å²) in [6.45, 7) is 0.429. The number of anilines is 1. The van der Waals surface area contributed by atoms with Crippen molar-refractivity contribution < 1.29 is 5.11 Å². The molecule has 1 atom stereocenters. The van der Waals surface area contributed by atoms with Gasteiger partial charge in [-0.25, -0.2) is 0 Å². The average molecular weight is 297 g/mol. The highest BCUT2D eigenvalue weighted by Crippen LogP contribution is 2.23. The first-order valence-electron chi connectivity index (χ1n) is 4.10. The Bertz CT molecular complexity index is 311. The van der Waals surface area contributed by atoms with Gasteiger partial charge in [0.15, 0.2) is 0 Å². The maximum absolute atomic E-state index is 9.24. The van der Waals surface area contributed by atoms with Gasteiger partial charge in [-0.15, -0.1) is 24.2 Å². The zero-order chi connectivity index (χ0) is 10.6. The third-order valence-electron chi connectivity index (χ3n) is 1.67. The molecule has 0 fully saturated rings. The minimum Gasteiger partial charge on any atom is -0.390 e. The topological polar surface area (TPSA) is 32.3 Å². The van der Waals surface area contributed by atoms with E-state index < -0.39 is 6.10 Å². The van der Waals surface area contributed by atoms with Crippen LogP contribution in [0.1, 0.15) is 0 Å². The van der Waals surface area contributed by atoms with Crippen LogP contribution in [0.2, 0.25) is 0 Å². The molecule has 0 aliphatic carbocycles. The zero-order valence-corrected chi connectivity index (χ0v) is 10.6. The minimum atomic E-state index is -0.534. The fourth-order valence-corrected chi connectivity index (χ4v) is 1.88. The van der Waals surface area contributed by atoms with Crippen LogP contribution >= 0.6 is 40.2 Å². The van der Waals surface area contributed by atoms with Gasteiger partial charge in [-0.2, -0.15) is 0 Å². The van der Waals surface area contributed by atoms with Gasteiger partial charge in [-0.1, -0.05) is 15.9 Å². The molecule has 14 heavy (non-hydrogen) atoms. The van der Waals surface area contributed by atoms with Gasteiger partial charge in [-0.05, 0) is 18.2 Å². The number of alkyl halides is 1. The van der Waals surface area contributed by atoms with Crippen molar-refractivity contribution in [3.05, 3.63) is 22.7 Å². The molecule has 0 spiro atoms. The number of aliphatic hydroxyl groups is 1. The molecular weight excluding hydrogens is 286 g/mol. The Morgan fingerprint density at radius 3 is 2.86 bits per heavy atom. The summed E-state index contributed by atoms with van der Waals surface area (Å²) in [5.41, 5.74) is 0.890. The number of hydrogen-bond donors (Lipinski definition) is 3. The first-order chi connectivity index (χ1) is 6.63. The van der Waals surface area contributed by atoms with Gasteiger partial charge in [0, 0.05) is 21.6 Å². The Kier molecular flexibility index (Phi) is 5.09. The van der Waals surface area contributed by atoms with Crippen LogP contribution in [0.4, 0.5) is 5.69 Å². The highest BCUT2D eigenvalue weighted by Gasteiger charge is 2.03. The zero-order valence-electron chi connectivity index (χ0n) is 7.37. The summed E-state index contributed by atoms with van der Waals surface area (Å²) in [7, 11) is 0. The number of benzene rings is 1. The molecule has 0 saturated heterocycles. The molecule has 0 aromatic heterocycles. The standard InChI is InChI=1S/C9H11BrClNOS/c10-6-1-2-8(9(14)3-6)12-5-7(13)4-11/h1-3,7,12-14H,4-5H2. The van der Waals surface area contributed by atoms with Gasteiger partial charge < -0.3 is 10.4 Å². The highest BCUT2D eigenvalue weighted by atomic mass is 79.9. The van der Waals surface area contributed by atoms with Crippen molar-refractivity contribution in [3.8, 4) is 0 Å². The van der Waals surface area contributed by atoms with Crippen molar-refractivity contribution >= 4 is 45.8 Å². The van der Waals surface area contributed by atoms with E-state index in [9.17, 15) is 5.11 Å². The van der Waals surface area contributed by atoms with E-state index in [1.165, 1.54) is 0 Å². The summed E-state index contributed by atoms with van der Waals surface area (Å²) in [6.07, 6.45) is -0.534. The van der Waals surface area contributed by atoms with Gasteiger partial charge in [0.25, 0.3) is 0 Å². The molecule has 0 heterocycles. The third kappa shape index (κ3) is 3.69. The van der Waals surface area contributed by atoms with Crippen LogP contribution in [0.3, 0.4) is 0 Å². The number of nitrogens with one attached hydrogen (secondary N) is 1. The van der Waals surface area contributed by atoms with Crippen molar-refractivity contribution in [1.29, 1.82) is 0 Å². The summed E-state index contributed by atoms with van der Waals surface area (Å²) in [5, 5.41) is 12.3. The number of rotatable bonds is 4. The van der Waals surface area contributed by atoms with Crippen LogP contribution in [0.25, 0.3) is 0 Å². The lowest BCUT2D eigenvalue weighted by Gasteiger charge is -2.11. The smallest absolute Gasteiger partial charge is 0.0847 e. The quantitative estimate of drug-likeness (QED) is 0.590. The predicted molar refractivity (Wildman–Crippen MR) is 66.6 cm³/mol. The van der Waals surface area contributed by atoms with Crippen molar-refractivity contribution in [1.82, 2.24) is 0 Å². The monoisotopic (exact) mass is 295 g/mol. The Hall–Kier alpha value is 0.1000. The second kappa shape index (κ2) is 5.85.